The van der Waals surface area contributed by atoms with E-state index in [1.54, 1.807) is 6.20 Å². The van der Waals surface area contributed by atoms with E-state index in [2.05, 4.69) is 10.1 Å². The standard InChI is InChI=1S/C16H15N5/c17-16(18)15-13(7-4-8-19-15)10-21-11-14(9-20-21)12-5-2-1-3-6-12/h1-9,11H,10H2,(H3,17,18). The van der Waals surface area contributed by atoms with Crippen LogP contribution in [-0.4, -0.2) is 20.6 Å². The second kappa shape index (κ2) is 5.58. The van der Waals surface area contributed by atoms with Crippen LogP contribution in [0.2, 0.25) is 0 Å². The molecule has 5 heteroatoms. The average molecular weight is 277 g/mol. The van der Waals surface area contributed by atoms with Gasteiger partial charge in [-0.3, -0.25) is 15.1 Å². The van der Waals surface area contributed by atoms with E-state index >= 15 is 0 Å². The van der Waals surface area contributed by atoms with Gasteiger partial charge in [-0.05, 0) is 11.6 Å². The van der Waals surface area contributed by atoms with E-state index in [9.17, 15) is 0 Å². The van der Waals surface area contributed by atoms with Crippen molar-refractivity contribution in [2.75, 3.05) is 0 Å². The lowest BCUT2D eigenvalue weighted by molar-refractivity contribution is 0.684. The molecule has 0 aliphatic carbocycles. The maximum atomic E-state index is 7.57. The van der Waals surface area contributed by atoms with Crippen LogP contribution in [0.1, 0.15) is 11.3 Å². The van der Waals surface area contributed by atoms with Crippen molar-refractivity contribution in [2.45, 2.75) is 6.54 Å². The fraction of sp³-hybridized carbons (Fsp3) is 0.0625. The molecule has 1 aromatic carbocycles. The second-order valence-corrected chi connectivity index (χ2v) is 4.72. The maximum absolute atomic E-state index is 7.57. The summed E-state index contributed by atoms with van der Waals surface area (Å²) in [6.07, 6.45) is 5.45. The summed E-state index contributed by atoms with van der Waals surface area (Å²) in [7, 11) is 0. The number of benzene rings is 1. The summed E-state index contributed by atoms with van der Waals surface area (Å²) in [6.45, 7) is 0.537. The van der Waals surface area contributed by atoms with Crippen LogP contribution in [0.5, 0.6) is 0 Å². The highest BCUT2D eigenvalue weighted by Crippen LogP contribution is 2.18. The number of nitrogens with one attached hydrogen (secondary N) is 1. The SMILES string of the molecule is N=C(N)c1ncccc1Cn1cc(-c2ccccc2)cn1. The molecule has 0 saturated carbocycles. The Hall–Kier alpha value is -2.95. The number of nitrogen functional groups attached to an aromatic ring is 1. The van der Waals surface area contributed by atoms with Crippen LogP contribution < -0.4 is 5.73 Å². The largest absolute Gasteiger partial charge is 0.382 e. The van der Waals surface area contributed by atoms with Gasteiger partial charge < -0.3 is 5.73 Å². The molecule has 0 saturated heterocycles. The molecule has 5 nitrogen and oxygen atoms in total. The van der Waals surface area contributed by atoms with Crippen molar-refractivity contribution in [3.8, 4) is 11.1 Å². The predicted octanol–water partition coefficient (Wildman–Crippen LogP) is 2.28. The summed E-state index contributed by atoms with van der Waals surface area (Å²) in [6, 6.07) is 13.8. The van der Waals surface area contributed by atoms with Gasteiger partial charge in [0.05, 0.1) is 12.7 Å². The molecule has 3 N–H and O–H groups in total. The smallest absolute Gasteiger partial charge is 0.142 e. The number of rotatable bonds is 4. The molecule has 2 heterocycles. The molecule has 0 amide bonds. The van der Waals surface area contributed by atoms with E-state index in [-0.39, 0.29) is 5.84 Å². The molecule has 3 rings (SSSR count). The summed E-state index contributed by atoms with van der Waals surface area (Å²) >= 11 is 0. The lowest BCUT2D eigenvalue weighted by Gasteiger charge is -2.06. The van der Waals surface area contributed by atoms with Crippen molar-refractivity contribution in [3.05, 3.63) is 72.3 Å². The first-order chi connectivity index (χ1) is 10.2. The van der Waals surface area contributed by atoms with Crippen LogP contribution in [0.15, 0.2) is 61.1 Å². The molecule has 104 valence electrons. The molecule has 0 radical (unpaired) electrons. The van der Waals surface area contributed by atoms with Gasteiger partial charge in [0.25, 0.3) is 0 Å². The monoisotopic (exact) mass is 277 g/mol. The van der Waals surface area contributed by atoms with Gasteiger partial charge in [0.1, 0.15) is 11.5 Å². The van der Waals surface area contributed by atoms with Crippen molar-refractivity contribution >= 4 is 5.84 Å². The second-order valence-electron chi connectivity index (χ2n) is 4.72. The van der Waals surface area contributed by atoms with Crippen molar-refractivity contribution in [1.82, 2.24) is 14.8 Å². The third-order valence-electron chi connectivity index (χ3n) is 3.22. The molecule has 0 bridgehead atoms. The summed E-state index contributed by atoms with van der Waals surface area (Å²) in [5.74, 6) is -0.0268. The van der Waals surface area contributed by atoms with Gasteiger partial charge in [-0.1, -0.05) is 36.4 Å². The molecule has 0 fully saturated rings. The molecule has 3 aromatic rings. The first-order valence-electron chi connectivity index (χ1n) is 6.60. The van der Waals surface area contributed by atoms with Crippen LogP contribution in [0.4, 0.5) is 0 Å². The van der Waals surface area contributed by atoms with Crippen LogP contribution in [0.25, 0.3) is 11.1 Å². The number of hydrogen-bond donors (Lipinski definition) is 2. The Morgan fingerprint density at radius 3 is 2.67 bits per heavy atom. The molecular weight excluding hydrogens is 262 g/mol. The summed E-state index contributed by atoms with van der Waals surface area (Å²) in [4.78, 5) is 4.15. The normalized spacial score (nSPS) is 10.5. The van der Waals surface area contributed by atoms with E-state index in [4.69, 9.17) is 11.1 Å². The number of nitrogens with zero attached hydrogens (tertiary/aromatic N) is 3. The highest BCUT2D eigenvalue weighted by Gasteiger charge is 2.08. The van der Waals surface area contributed by atoms with E-state index in [1.807, 2.05) is 59.5 Å². The van der Waals surface area contributed by atoms with Gasteiger partial charge >= 0.3 is 0 Å². The highest BCUT2D eigenvalue weighted by atomic mass is 15.3. The van der Waals surface area contributed by atoms with Crippen molar-refractivity contribution < 1.29 is 0 Å². The molecule has 0 aliphatic heterocycles. The molecule has 2 aromatic heterocycles. The Kier molecular flexibility index (Phi) is 3.47. The zero-order valence-corrected chi connectivity index (χ0v) is 11.4. The Morgan fingerprint density at radius 2 is 1.90 bits per heavy atom. The van der Waals surface area contributed by atoms with E-state index in [0.717, 1.165) is 16.7 Å². The first kappa shape index (κ1) is 13.1. The Balaban J connectivity index is 1.87. The van der Waals surface area contributed by atoms with E-state index in [0.29, 0.717) is 12.2 Å². The van der Waals surface area contributed by atoms with Crippen LogP contribution >= 0.6 is 0 Å². The third-order valence-corrected chi connectivity index (χ3v) is 3.22. The van der Waals surface area contributed by atoms with Crippen LogP contribution in [-0.2, 0) is 6.54 Å². The zero-order chi connectivity index (χ0) is 14.7. The number of amidine groups is 1. The fourth-order valence-electron chi connectivity index (χ4n) is 2.21. The number of pyridine rings is 1. The van der Waals surface area contributed by atoms with Crippen molar-refractivity contribution in [2.24, 2.45) is 5.73 Å². The minimum atomic E-state index is -0.0268. The summed E-state index contributed by atoms with van der Waals surface area (Å²) in [5.41, 5.74) is 9.13. The first-order valence-corrected chi connectivity index (χ1v) is 6.60. The minimum Gasteiger partial charge on any atom is -0.382 e. The fourth-order valence-corrected chi connectivity index (χ4v) is 2.21. The van der Waals surface area contributed by atoms with Crippen LogP contribution in [0.3, 0.4) is 0 Å². The highest BCUT2D eigenvalue weighted by molar-refractivity contribution is 5.94. The lowest BCUT2D eigenvalue weighted by atomic mass is 10.1. The van der Waals surface area contributed by atoms with Crippen molar-refractivity contribution in [1.29, 1.82) is 5.41 Å². The van der Waals surface area contributed by atoms with E-state index in [1.165, 1.54) is 0 Å². The molecular formula is C16H15N5. The summed E-state index contributed by atoms with van der Waals surface area (Å²) < 4.78 is 1.83. The van der Waals surface area contributed by atoms with Gasteiger partial charge in [0.15, 0.2) is 0 Å². The van der Waals surface area contributed by atoms with Gasteiger partial charge in [-0.2, -0.15) is 5.10 Å². The molecule has 0 atom stereocenters. The van der Waals surface area contributed by atoms with Crippen LogP contribution in [0, 0.1) is 5.41 Å². The van der Waals surface area contributed by atoms with Gasteiger partial charge in [0, 0.05) is 23.5 Å². The zero-order valence-electron chi connectivity index (χ0n) is 11.4. The average Bonchev–Trinajstić information content (AvgIpc) is 2.97. The minimum absolute atomic E-state index is 0.0268. The van der Waals surface area contributed by atoms with Gasteiger partial charge in [-0.25, -0.2) is 0 Å². The van der Waals surface area contributed by atoms with E-state index < -0.39 is 0 Å². The Morgan fingerprint density at radius 1 is 1.10 bits per heavy atom. The molecule has 0 aliphatic rings. The molecule has 0 spiro atoms. The third kappa shape index (κ3) is 2.81. The Labute approximate surface area is 122 Å². The number of nitrogens with two attached hydrogens (primary N) is 1. The molecule has 0 unspecified atom stereocenters. The molecule has 21 heavy (non-hydrogen) atoms. The topological polar surface area (TPSA) is 80.6 Å². The lowest BCUT2D eigenvalue weighted by Crippen LogP contribution is -2.17. The van der Waals surface area contributed by atoms with Gasteiger partial charge in [-0.15, -0.1) is 0 Å². The number of aromatic nitrogens is 3. The van der Waals surface area contributed by atoms with Gasteiger partial charge in [0.2, 0.25) is 0 Å². The predicted molar refractivity (Wildman–Crippen MR) is 82.0 cm³/mol. The Bertz CT molecular complexity index is 761. The quantitative estimate of drug-likeness (QED) is 0.567. The number of hydrogen-bond acceptors (Lipinski definition) is 3. The summed E-state index contributed by atoms with van der Waals surface area (Å²) in [5, 5.41) is 11.9. The maximum Gasteiger partial charge on any atom is 0.142 e. The van der Waals surface area contributed by atoms with Crippen molar-refractivity contribution in [3.63, 3.8) is 0 Å².